The predicted octanol–water partition coefficient (Wildman–Crippen LogP) is 7.16. The highest BCUT2D eigenvalue weighted by molar-refractivity contribution is 7.11. The summed E-state index contributed by atoms with van der Waals surface area (Å²) in [4.78, 5) is 2.74. The Kier molecular flexibility index (Phi) is 30.3. The second kappa shape index (κ2) is 22.6. The predicted molar refractivity (Wildman–Crippen MR) is 102 cm³/mol. The molecule has 0 bridgehead atoms. The van der Waals surface area contributed by atoms with Crippen molar-refractivity contribution in [3.05, 3.63) is 85.2 Å². The minimum atomic E-state index is 0. The molecule has 0 radical (unpaired) electrons. The fourth-order valence-electron chi connectivity index (χ4n) is 1.13. The van der Waals surface area contributed by atoms with Crippen LogP contribution in [0.2, 0.25) is 0 Å². The third-order valence-corrected chi connectivity index (χ3v) is 2.77. The quantitative estimate of drug-likeness (QED) is 0.408. The monoisotopic (exact) mass is 292 g/mol. The number of rotatable bonds is 4. The number of hydrogen-bond donors (Lipinski definition) is 0. The summed E-state index contributed by atoms with van der Waals surface area (Å²) in [6, 6.07) is 4.31. The summed E-state index contributed by atoms with van der Waals surface area (Å²) in [5, 5.41) is 0. The lowest BCUT2D eigenvalue weighted by Crippen LogP contribution is -1.82. The summed E-state index contributed by atoms with van der Waals surface area (Å²) in [5.41, 5.74) is 1.22. The summed E-state index contributed by atoms with van der Waals surface area (Å²) in [6.07, 6.45) is 6.66. The Bertz CT molecular complexity index is 354. The van der Waals surface area contributed by atoms with E-state index in [1.807, 2.05) is 37.3 Å². The third kappa shape index (κ3) is 14.5. The standard InChI is InChI=1S/C12H14S.C2H6.2C2H4.CH4/c1-4-6-11(5-2)9-12-8-7-10(3)13-12;3*1-2;/h4-8H,1-2,9H2,3H3;1-2H3;2*1-2H2;1H4/b11-6+;;;;. The van der Waals surface area contributed by atoms with Crippen LogP contribution in [0.25, 0.3) is 0 Å². The summed E-state index contributed by atoms with van der Waals surface area (Å²) >= 11 is 1.83. The molecule has 0 spiro atoms. The molecular formula is C19H32S. The van der Waals surface area contributed by atoms with E-state index in [1.54, 1.807) is 6.08 Å². The van der Waals surface area contributed by atoms with Gasteiger partial charge < -0.3 is 0 Å². The van der Waals surface area contributed by atoms with Gasteiger partial charge in [0.2, 0.25) is 0 Å². The lowest BCUT2D eigenvalue weighted by Gasteiger charge is -1.96. The first-order valence-electron chi connectivity index (χ1n) is 6.25. The molecule has 0 aromatic carbocycles. The molecule has 114 valence electrons. The Hall–Kier alpha value is -1.60. The highest BCUT2D eigenvalue weighted by Crippen LogP contribution is 2.18. The Morgan fingerprint density at radius 1 is 1.10 bits per heavy atom. The smallest absolute Gasteiger partial charge is 0.00918 e. The molecule has 0 amide bonds. The number of thiophene rings is 1. The largest absolute Gasteiger partial charge is 0.145 e. The maximum Gasteiger partial charge on any atom is 0.00918 e. The van der Waals surface area contributed by atoms with Gasteiger partial charge in [-0.05, 0) is 24.6 Å². The molecule has 0 atom stereocenters. The summed E-state index contributed by atoms with van der Waals surface area (Å²) in [7, 11) is 0. The average Bonchev–Trinajstić information content (AvgIpc) is 2.90. The minimum absolute atomic E-state index is 0. The molecule has 1 rings (SSSR count). The lowest BCUT2D eigenvalue weighted by molar-refractivity contribution is 1.25. The second-order valence-electron chi connectivity index (χ2n) is 2.87. The average molecular weight is 293 g/mol. The Balaban J connectivity index is -0.000000162. The van der Waals surface area contributed by atoms with E-state index in [0.717, 1.165) is 6.42 Å². The van der Waals surface area contributed by atoms with Crippen molar-refractivity contribution >= 4 is 11.3 Å². The van der Waals surface area contributed by atoms with Crippen LogP contribution < -0.4 is 0 Å². The second-order valence-corrected chi connectivity index (χ2v) is 4.24. The Labute approximate surface area is 131 Å². The van der Waals surface area contributed by atoms with Crippen molar-refractivity contribution in [1.82, 2.24) is 0 Å². The van der Waals surface area contributed by atoms with Gasteiger partial charge in [-0.2, -0.15) is 0 Å². The van der Waals surface area contributed by atoms with E-state index in [2.05, 4.69) is 58.5 Å². The first-order valence-corrected chi connectivity index (χ1v) is 7.07. The molecule has 0 unspecified atom stereocenters. The fourth-order valence-corrected chi connectivity index (χ4v) is 2.06. The maximum absolute atomic E-state index is 3.77. The molecule has 0 aliphatic carbocycles. The van der Waals surface area contributed by atoms with Gasteiger partial charge in [0.05, 0.1) is 0 Å². The SMILES string of the molecule is C.C=C.C=C.C=C/C=C(\C=C)Cc1ccc(C)s1.CC. The van der Waals surface area contributed by atoms with Gasteiger partial charge in [0.15, 0.2) is 0 Å². The van der Waals surface area contributed by atoms with Crippen LogP contribution >= 0.6 is 11.3 Å². The molecule has 0 aliphatic rings. The Morgan fingerprint density at radius 3 is 1.90 bits per heavy atom. The zero-order valence-electron chi connectivity index (χ0n) is 12.7. The van der Waals surface area contributed by atoms with Crippen LogP contribution in [0.1, 0.15) is 31.0 Å². The van der Waals surface area contributed by atoms with Gasteiger partial charge >= 0.3 is 0 Å². The van der Waals surface area contributed by atoms with E-state index >= 15 is 0 Å². The molecule has 1 aromatic rings. The van der Waals surface area contributed by atoms with Crippen molar-refractivity contribution in [3.63, 3.8) is 0 Å². The van der Waals surface area contributed by atoms with Crippen LogP contribution in [-0.2, 0) is 6.42 Å². The summed E-state index contributed by atoms with van der Waals surface area (Å²) < 4.78 is 0. The van der Waals surface area contributed by atoms with Crippen LogP contribution in [0, 0.1) is 6.92 Å². The van der Waals surface area contributed by atoms with Gasteiger partial charge in [-0.25, -0.2) is 0 Å². The lowest BCUT2D eigenvalue weighted by atomic mass is 10.1. The topological polar surface area (TPSA) is 0 Å². The van der Waals surface area contributed by atoms with Gasteiger partial charge in [-0.1, -0.05) is 52.7 Å². The van der Waals surface area contributed by atoms with Crippen LogP contribution in [0.4, 0.5) is 0 Å². The molecule has 0 aliphatic heterocycles. The van der Waals surface area contributed by atoms with Gasteiger partial charge in [-0.3, -0.25) is 0 Å². The van der Waals surface area contributed by atoms with E-state index in [4.69, 9.17) is 0 Å². The van der Waals surface area contributed by atoms with Crippen LogP contribution in [0.15, 0.2) is 75.4 Å². The van der Waals surface area contributed by atoms with Crippen LogP contribution in [-0.4, -0.2) is 0 Å². The van der Waals surface area contributed by atoms with E-state index in [-0.39, 0.29) is 7.43 Å². The van der Waals surface area contributed by atoms with E-state index in [9.17, 15) is 0 Å². The van der Waals surface area contributed by atoms with Crippen molar-refractivity contribution in [3.8, 4) is 0 Å². The molecule has 1 heterocycles. The molecule has 0 saturated carbocycles. The molecule has 1 heteroatoms. The first-order chi connectivity index (χ1) is 9.26. The molecule has 20 heavy (non-hydrogen) atoms. The van der Waals surface area contributed by atoms with Gasteiger partial charge in [0, 0.05) is 16.2 Å². The minimum Gasteiger partial charge on any atom is -0.145 e. The number of aryl methyl sites for hydroxylation is 1. The van der Waals surface area contributed by atoms with E-state index in [1.165, 1.54) is 15.3 Å². The first kappa shape index (κ1) is 26.9. The number of allylic oxidation sites excluding steroid dienone is 4. The van der Waals surface area contributed by atoms with Crippen LogP contribution in [0.5, 0.6) is 0 Å². The van der Waals surface area contributed by atoms with Crippen molar-refractivity contribution in [1.29, 1.82) is 0 Å². The molecule has 0 nitrogen and oxygen atoms in total. The maximum atomic E-state index is 3.77. The summed E-state index contributed by atoms with van der Waals surface area (Å²) in [6.45, 7) is 25.6. The highest BCUT2D eigenvalue weighted by Gasteiger charge is 1.97. The van der Waals surface area contributed by atoms with Gasteiger partial charge in [0.1, 0.15) is 0 Å². The van der Waals surface area contributed by atoms with E-state index in [0.29, 0.717) is 0 Å². The Morgan fingerprint density at radius 2 is 1.60 bits per heavy atom. The fraction of sp³-hybridized carbons (Fsp3) is 0.263. The summed E-state index contributed by atoms with van der Waals surface area (Å²) in [5.74, 6) is 0. The molecular weight excluding hydrogens is 260 g/mol. The zero-order chi connectivity index (χ0) is 15.7. The van der Waals surface area contributed by atoms with Crippen molar-refractivity contribution in [2.24, 2.45) is 0 Å². The van der Waals surface area contributed by atoms with Crippen molar-refractivity contribution in [2.45, 2.75) is 34.6 Å². The van der Waals surface area contributed by atoms with Gasteiger partial charge in [0.25, 0.3) is 0 Å². The highest BCUT2D eigenvalue weighted by atomic mass is 32.1. The molecule has 0 N–H and O–H groups in total. The third-order valence-electron chi connectivity index (χ3n) is 1.77. The van der Waals surface area contributed by atoms with Crippen LogP contribution in [0.3, 0.4) is 0 Å². The van der Waals surface area contributed by atoms with Crippen molar-refractivity contribution in [2.75, 3.05) is 0 Å². The normalized spacial score (nSPS) is 8.05. The molecule has 0 fully saturated rings. The van der Waals surface area contributed by atoms with Gasteiger partial charge in [-0.15, -0.1) is 37.7 Å². The van der Waals surface area contributed by atoms with Crippen molar-refractivity contribution < 1.29 is 0 Å². The van der Waals surface area contributed by atoms with E-state index < -0.39 is 0 Å². The zero-order valence-corrected chi connectivity index (χ0v) is 13.6. The number of hydrogen-bond acceptors (Lipinski definition) is 1. The molecule has 1 aromatic heterocycles. The molecule has 0 saturated heterocycles.